The first kappa shape index (κ1) is 13.5. The number of rotatable bonds is 5. The van der Waals surface area contributed by atoms with E-state index < -0.39 is 6.04 Å². The molecular formula is C14H18N2O3. The smallest absolute Gasteiger partial charge is 0.252 e. The lowest BCUT2D eigenvalue weighted by Gasteiger charge is -2.16. The number of benzene rings is 1. The normalized spacial score (nSPS) is 19.1. The van der Waals surface area contributed by atoms with Crippen LogP contribution in [0.5, 0.6) is 0 Å². The van der Waals surface area contributed by atoms with Gasteiger partial charge in [0.2, 0.25) is 5.91 Å². The van der Waals surface area contributed by atoms with Crippen molar-refractivity contribution in [3.05, 3.63) is 29.8 Å². The van der Waals surface area contributed by atoms with Crippen molar-refractivity contribution >= 4 is 17.5 Å². The molecule has 1 heterocycles. The standard InChI is InChI=1S/C14H18N2O3/c1-3-16-13(17)8-12(14(16)18)15-11-7-5-4-6-10(11)9-19-2/h4-7,12,15H,3,8-9H2,1-2H3. The van der Waals surface area contributed by atoms with Crippen molar-refractivity contribution in [3.63, 3.8) is 0 Å². The molecule has 0 saturated carbocycles. The van der Waals surface area contributed by atoms with Gasteiger partial charge in [-0.15, -0.1) is 0 Å². The van der Waals surface area contributed by atoms with Crippen molar-refractivity contribution in [2.75, 3.05) is 19.0 Å². The molecule has 1 atom stereocenters. The monoisotopic (exact) mass is 262 g/mol. The zero-order valence-electron chi connectivity index (χ0n) is 11.2. The fourth-order valence-electron chi connectivity index (χ4n) is 2.26. The van der Waals surface area contributed by atoms with Crippen LogP contribution in [0.4, 0.5) is 5.69 Å². The summed E-state index contributed by atoms with van der Waals surface area (Å²) in [5, 5.41) is 3.15. The Morgan fingerprint density at radius 2 is 2.11 bits per heavy atom. The van der Waals surface area contributed by atoms with E-state index in [2.05, 4.69) is 5.32 Å². The minimum atomic E-state index is -0.467. The van der Waals surface area contributed by atoms with Crippen LogP contribution in [-0.4, -0.2) is 36.4 Å². The van der Waals surface area contributed by atoms with Crippen LogP contribution in [0.2, 0.25) is 0 Å². The minimum absolute atomic E-state index is 0.116. The average molecular weight is 262 g/mol. The second-order valence-electron chi connectivity index (χ2n) is 4.47. The molecule has 0 bridgehead atoms. The van der Waals surface area contributed by atoms with Gasteiger partial charge in [-0.1, -0.05) is 18.2 Å². The SMILES string of the molecule is CCN1C(=O)CC(Nc2ccccc2COC)C1=O. The third-order valence-electron chi connectivity index (χ3n) is 3.21. The van der Waals surface area contributed by atoms with Crippen LogP contribution in [0, 0.1) is 0 Å². The Kier molecular flexibility index (Phi) is 4.16. The Bertz CT molecular complexity index is 487. The summed E-state index contributed by atoms with van der Waals surface area (Å²) in [4.78, 5) is 25.0. The first-order chi connectivity index (χ1) is 9.17. The van der Waals surface area contributed by atoms with Crippen molar-refractivity contribution in [2.24, 2.45) is 0 Å². The van der Waals surface area contributed by atoms with Gasteiger partial charge in [0.15, 0.2) is 0 Å². The summed E-state index contributed by atoms with van der Waals surface area (Å²) in [5.41, 5.74) is 1.81. The van der Waals surface area contributed by atoms with Crippen LogP contribution in [0.1, 0.15) is 18.9 Å². The molecule has 1 aliphatic rings. The summed E-state index contributed by atoms with van der Waals surface area (Å²) in [5.74, 6) is -0.269. The van der Waals surface area contributed by atoms with E-state index in [4.69, 9.17) is 4.74 Å². The van der Waals surface area contributed by atoms with E-state index in [0.29, 0.717) is 13.2 Å². The number of anilines is 1. The van der Waals surface area contributed by atoms with Gasteiger partial charge < -0.3 is 10.1 Å². The average Bonchev–Trinajstić information content (AvgIpc) is 2.67. The molecule has 5 heteroatoms. The number of amides is 2. The topological polar surface area (TPSA) is 58.6 Å². The zero-order valence-corrected chi connectivity index (χ0v) is 11.2. The molecule has 102 valence electrons. The van der Waals surface area contributed by atoms with Crippen molar-refractivity contribution in [2.45, 2.75) is 26.0 Å². The summed E-state index contributed by atoms with van der Waals surface area (Å²) in [6.45, 7) is 2.70. The number of nitrogens with one attached hydrogen (secondary N) is 1. The molecule has 0 aliphatic carbocycles. The molecule has 1 aromatic carbocycles. The molecule has 2 rings (SSSR count). The lowest BCUT2D eigenvalue weighted by molar-refractivity contribution is -0.138. The highest BCUT2D eigenvalue weighted by atomic mass is 16.5. The number of nitrogens with zero attached hydrogens (tertiary/aromatic N) is 1. The Labute approximate surface area is 112 Å². The Morgan fingerprint density at radius 3 is 2.74 bits per heavy atom. The van der Waals surface area contributed by atoms with Crippen molar-refractivity contribution < 1.29 is 14.3 Å². The second kappa shape index (κ2) is 5.84. The number of likely N-dealkylation sites (tertiary alicyclic amines) is 1. The van der Waals surface area contributed by atoms with Crippen molar-refractivity contribution in [3.8, 4) is 0 Å². The molecule has 0 spiro atoms. The molecule has 1 fully saturated rings. The van der Waals surface area contributed by atoms with Gasteiger partial charge in [-0.25, -0.2) is 0 Å². The van der Waals surface area contributed by atoms with Crippen LogP contribution in [0.3, 0.4) is 0 Å². The highest BCUT2D eigenvalue weighted by molar-refractivity contribution is 6.06. The largest absolute Gasteiger partial charge is 0.380 e. The third-order valence-corrected chi connectivity index (χ3v) is 3.21. The van der Waals surface area contributed by atoms with E-state index in [1.807, 2.05) is 24.3 Å². The number of imide groups is 1. The van der Waals surface area contributed by atoms with Gasteiger partial charge in [0, 0.05) is 24.9 Å². The number of carbonyl (C=O) groups is 2. The zero-order chi connectivity index (χ0) is 13.8. The molecular weight excluding hydrogens is 244 g/mol. The van der Waals surface area contributed by atoms with Crippen molar-refractivity contribution in [1.82, 2.24) is 4.90 Å². The fraction of sp³-hybridized carbons (Fsp3) is 0.429. The summed E-state index contributed by atoms with van der Waals surface area (Å²) in [7, 11) is 1.62. The summed E-state index contributed by atoms with van der Waals surface area (Å²) >= 11 is 0. The Balaban J connectivity index is 2.14. The Hall–Kier alpha value is -1.88. The van der Waals surface area contributed by atoms with Gasteiger partial charge in [-0.05, 0) is 13.0 Å². The number of hydrogen-bond acceptors (Lipinski definition) is 4. The molecule has 0 aromatic heterocycles. The number of hydrogen-bond donors (Lipinski definition) is 1. The van der Waals surface area contributed by atoms with Crippen LogP contribution >= 0.6 is 0 Å². The maximum absolute atomic E-state index is 12.0. The first-order valence-electron chi connectivity index (χ1n) is 6.35. The molecule has 1 N–H and O–H groups in total. The predicted molar refractivity (Wildman–Crippen MR) is 71.6 cm³/mol. The molecule has 5 nitrogen and oxygen atoms in total. The maximum Gasteiger partial charge on any atom is 0.252 e. The minimum Gasteiger partial charge on any atom is -0.380 e. The van der Waals surface area contributed by atoms with Gasteiger partial charge in [-0.2, -0.15) is 0 Å². The van der Waals surface area contributed by atoms with Gasteiger partial charge >= 0.3 is 0 Å². The highest BCUT2D eigenvalue weighted by Crippen LogP contribution is 2.21. The summed E-state index contributed by atoms with van der Waals surface area (Å²) < 4.78 is 5.12. The van der Waals surface area contributed by atoms with Gasteiger partial charge in [0.05, 0.1) is 13.0 Å². The van der Waals surface area contributed by atoms with Gasteiger partial charge in [0.1, 0.15) is 6.04 Å². The number of carbonyl (C=O) groups excluding carboxylic acids is 2. The first-order valence-corrected chi connectivity index (χ1v) is 6.35. The van der Waals surface area contributed by atoms with E-state index in [9.17, 15) is 9.59 Å². The molecule has 1 aliphatic heterocycles. The lowest BCUT2D eigenvalue weighted by atomic mass is 10.1. The van der Waals surface area contributed by atoms with Gasteiger partial charge in [-0.3, -0.25) is 14.5 Å². The molecule has 2 amide bonds. The predicted octanol–water partition coefficient (Wildman–Crippen LogP) is 1.39. The number of para-hydroxylation sites is 1. The molecule has 1 unspecified atom stereocenters. The van der Waals surface area contributed by atoms with Crippen LogP contribution in [0.15, 0.2) is 24.3 Å². The van der Waals surface area contributed by atoms with Gasteiger partial charge in [0.25, 0.3) is 5.91 Å². The Morgan fingerprint density at radius 1 is 1.37 bits per heavy atom. The van der Waals surface area contributed by atoms with E-state index in [1.165, 1.54) is 4.90 Å². The van der Waals surface area contributed by atoms with Crippen molar-refractivity contribution in [1.29, 1.82) is 0 Å². The molecule has 1 aromatic rings. The van der Waals surface area contributed by atoms with Crippen LogP contribution in [-0.2, 0) is 20.9 Å². The van der Waals surface area contributed by atoms with E-state index in [0.717, 1.165) is 11.3 Å². The summed E-state index contributed by atoms with van der Waals surface area (Å²) in [6, 6.07) is 7.16. The fourth-order valence-corrected chi connectivity index (χ4v) is 2.26. The number of ether oxygens (including phenoxy) is 1. The van der Waals surface area contributed by atoms with E-state index >= 15 is 0 Å². The number of likely N-dealkylation sites (N-methyl/N-ethyl adjacent to an activating group) is 1. The maximum atomic E-state index is 12.0. The quantitative estimate of drug-likeness (QED) is 0.815. The van der Waals surface area contributed by atoms with E-state index in [1.54, 1.807) is 14.0 Å². The second-order valence-corrected chi connectivity index (χ2v) is 4.47. The third kappa shape index (κ3) is 2.76. The highest BCUT2D eigenvalue weighted by Gasteiger charge is 2.37. The molecule has 1 saturated heterocycles. The lowest BCUT2D eigenvalue weighted by Crippen LogP contribution is -2.34. The van der Waals surface area contributed by atoms with Crippen LogP contribution < -0.4 is 5.32 Å². The van der Waals surface area contributed by atoms with E-state index in [-0.39, 0.29) is 18.2 Å². The number of methoxy groups -OCH3 is 1. The van der Waals surface area contributed by atoms with Crippen LogP contribution in [0.25, 0.3) is 0 Å². The molecule has 19 heavy (non-hydrogen) atoms. The molecule has 0 radical (unpaired) electrons. The summed E-state index contributed by atoms with van der Waals surface area (Å²) in [6.07, 6.45) is 0.216.